The van der Waals surface area contributed by atoms with Crippen molar-refractivity contribution in [2.75, 3.05) is 11.3 Å². The van der Waals surface area contributed by atoms with E-state index in [4.69, 9.17) is 11.6 Å². The highest BCUT2D eigenvalue weighted by atomic mass is 35.5. The molecule has 26 heavy (non-hydrogen) atoms. The number of halogens is 7. The van der Waals surface area contributed by atoms with E-state index in [2.05, 4.69) is 9.99 Å². The van der Waals surface area contributed by atoms with Gasteiger partial charge >= 0.3 is 21.6 Å². The van der Waals surface area contributed by atoms with Crippen LogP contribution in [0.5, 0.6) is 0 Å². The van der Waals surface area contributed by atoms with E-state index in [9.17, 15) is 34.8 Å². The van der Waals surface area contributed by atoms with Gasteiger partial charge in [0.25, 0.3) is 0 Å². The highest BCUT2D eigenvalue weighted by molar-refractivity contribution is 7.93. The van der Waals surface area contributed by atoms with E-state index in [1.54, 1.807) is 0 Å². The van der Waals surface area contributed by atoms with E-state index in [-0.39, 0.29) is 16.3 Å². The van der Waals surface area contributed by atoms with Crippen LogP contribution in [0.2, 0.25) is 5.02 Å². The van der Waals surface area contributed by atoms with Crippen LogP contribution in [-0.2, 0) is 14.9 Å². The monoisotopic (exact) mass is 424 g/mol. The summed E-state index contributed by atoms with van der Waals surface area (Å²) in [7, 11) is -5.69. The zero-order chi connectivity index (χ0) is 20.1. The number of nitrogens with zero attached hydrogens (tertiary/aromatic N) is 1. The van der Waals surface area contributed by atoms with Crippen molar-refractivity contribution in [3.05, 3.63) is 40.7 Å². The summed E-state index contributed by atoms with van der Waals surface area (Å²) in [6.45, 7) is 0.656. The van der Waals surface area contributed by atoms with Gasteiger partial charge in [-0.05, 0) is 25.1 Å². The molecular formula is C13H11ClF6N2O3S. The first-order valence-electron chi connectivity index (χ1n) is 6.60. The minimum absolute atomic E-state index is 0.0537. The van der Waals surface area contributed by atoms with Crippen molar-refractivity contribution >= 4 is 33.0 Å². The lowest BCUT2D eigenvalue weighted by atomic mass is 10.1. The number of hydrogen-bond acceptors (Lipinski definition) is 4. The Morgan fingerprint density at radius 1 is 1.27 bits per heavy atom. The predicted octanol–water partition coefficient (Wildman–Crippen LogP) is 4.81. The van der Waals surface area contributed by atoms with E-state index in [1.807, 2.05) is 0 Å². The minimum atomic E-state index is -5.69. The quantitative estimate of drug-likeness (QED) is 0.295. The molecule has 0 aromatic heterocycles. The molecule has 0 aliphatic carbocycles. The van der Waals surface area contributed by atoms with Crippen LogP contribution >= 0.6 is 11.6 Å². The average Bonchev–Trinajstić information content (AvgIpc) is 2.51. The molecule has 0 heterocycles. The summed E-state index contributed by atoms with van der Waals surface area (Å²) in [4.78, 5) is 4.60. The Morgan fingerprint density at radius 3 is 2.42 bits per heavy atom. The van der Waals surface area contributed by atoms with Gasteiger partial charge in [-0.3, -0.25) is 4.72 Å². The highest BCUT2D eigenvalue weighted by Crippen LogP contribution is 2.28. The maximum atomic E-state index is 12.6. The van der Waals surface area contributed by atoms with Crippen molar-refractivity contribution in [2.45, 2.75) is 18.9 Å². The standard InChI is InChI=1S/C13H11ClF6N2O3S/c1-7(21-25-5-4-10(15)12(16)17)9-6-8(14)2-3-11(9)22-26(23,24)13(18,19)20/h2-3,6,22H,4-5H2,1H3. The fourth-order valence-corrected chi connectivity index (χ4v) is 2.28. The Kier molecular flexibility index (Phi) is 7.33. The van der Waals surface area contributed by atoms with E-state index < -0.39 is 46.2 Å². The second-order valence-electron chi connectivity index (χ2n) is 4.67. The molecule has 0 aliphatic rings. The van der Waals surface area contributed by atoms with E-state index in [0.29, 0.717) is 0 Å². The van der Waals surface area contributed by atoms with Gasteiger partial charge in [-0.2, -0.15) is 30.4 Å². The molecule has 0 amide bonds. The molecular weight excluding hydrogens is 414 g/mol. The zero-order valence-corrected chi connectivity index (χ0v) is 14.4. The molecule has 1 N–H and O–H groups in total. The molecule has 146 valence electrons. The lowest BCUT2D eigenvalue weighted by Crippen LogP contribution is -2.30. The maximum absolute atomic E-state index is 12.6. The first kappa shape index (κ1) is 22.1. The van der Waals surface area contributed by atoms with Gasteiger partial charge in [-0.25, -0.2) is 4.39 Å². The average molecular weight is 425 g/mol. The molecule has 13 heteroatoms. The second kappa shape index (κ2) is 8.62. The Balaban J connectivity index is 3.03. The third-order valence-corrected chi connectivity index (χ3v) is 4.07. The summed E-state index contributed by atoms with van der Waals surface area (Å²) in [5.74, 6) is -1.70. The molecule has 0 spiro atoms. The van der Waals surface area contributed by atoms with Crippen LogP contribution in [0.3, 0.4) is 0 Å². The normalized spacial score (nSPS) is 12.7. The number of anilines is 1. The number of hydrogen-bond donors (Lipinski definition) is 1. The molecule has 0 aliphatic heterocycles. The van der Waals surface area contributed by atoms with Gasteiger partial charge in [0.1, 0.15) is 6.61 Å². The third-order valence-electron chi connectivity index (χ3n) is 2.74. The number of nitrogens with one attached hydrogen (secondary N) is 1. The van der Waals surface area contributed by atoms with Gasteiger partial charge in [-0.1, -0.05) is 16.8 Å². The minimum Gasteiger partial charge on any atom is -0.395 e. The van der Waals surface area contributed by atoms with Gasteiger partial charge in [0.15, 0.2) is 5.83 Å². The molecule has 0 fully saturated rings. The van der Waals surface area contributed by atoms with Crippen LogP contribution in [0.1, 0.15) is 18.9 Å². The van der Waals surface area contributed by atoms with Gasteiger partial charge in [0.05, 0.1) is 11.4 Å². The number of oxime groups is 1. The smallest absolute Gasteiger partial charge is 0.395 e. The molecule has 0 bridgehead atoms. The Morgan fingerprint density at radius 2 is 1.88 bits per heavy atom. The third kappa shape index (κ3) is 6.09. The SMILES string of the molecule is CC(=NOCCC(F)=C(F)F)c1cc(Cl)ccc1NS(=O)(=O)C(F)(F)F. The number of benzene rings is 1. The topological polar surface area (TPSA) is 67.8 Å². The van der Waals surface area contributed by atoms with Crippen LogP contribution in [0, 0.1) is 0 Å². The largest absolute Gasteiger partial charge is 0.516 e. The molecule has 1 rings (SSSR count). The van der Waals surface area contributed by atoms with Gasteiger partial charge < -0.3 is 4.84 Å². The number of rotatable bonds is 7. The summed E-state index contributed by atoms with van der Waals surface area (Å²) < 4.78 is 97.6. The molecule has 0 saturated heterocycles. The number of alkyl halides is 3. The van der Waals surface area contributed by atoms with Crippen molar-refractivity contribution in [1.82, 2.24) is 0 Å². The van der Waals surface area contributed by atoms with Crippen LogP contribution < -0.4 is 4.72 Å². The van der Waals surface area contributed by atoms with E-state index in [0.717, 1.165) is 18.2 Å². The van der Waals surface area contributed by atoms with Crippen LogP contribution in [0.15, 0.2) is 35.3 Å². The molecule has 0 radical (unpaired) electrons. The first-order chi connectivity index (χ1) is 11.8. The van der Waals surface area contributed by atoms with Crippen LogP contribution in [0.25, 0.3) is 0 Å². The molecule has 0 atom stereocenters. The van der Waals surface area contributed by atoms with Gasteiger partial charge in [-0.15, -0.1) is 0 Å². The second-order valence-corrected chi connectivity index (χ2v) is 6.78. The summed E-state index contributed by atoms with van der Waals surface area (Å²) in [5, 5.41) is 3.48. The van der Waals surface area contributed by atoms with E-state index in [1.165, 1.54) is 11.6 Å². The fourth-order valence-electron chi connectivity index (χ4n) is 1.53. The highest BCUT2D eigenvalue weighted by Gasteiger charge is 2.46. The van der Waals surface area contributed by atoms with Crippen molar-refractivity contribution in [2.24, 2.45) is 5.16 Å². The summed E-state index contributed by atoms with van der Waals surface area (Å²) in [5.41, 5.74) is -6.32. The summed E-state index contributed by atoms with van der Waals surface area (Å²) in [6, 6.07) is 3.22. The molecule has 1 aromatic rings. The number of sulfonamides is 1. The van der Waals surface area contributed by atoms with Crippen molar-refractivity contribution in [1.29, 1.82) is 0 Å². The van der Waals surface area contributed by atoms with Gasteiger partial charge in [0, 0.05) is 17.0 Å². The summed E-state index contributed by atoms with van der Waals surface area (Å²) >= 11 is 5.73. The van der Waals surface area contributed by atoms with Crippen LogP contribution in [0.4, 0.5) is 32.0 Å². The fraction of sp³-hybridized carbons (Fsp3) is 0.308. The van der Waals surface area contributed by atoms with Crippen LogP contribution in [-0.4, -0.2) is 26.2 Å². The lowest BCUT2D eigenvalue weighted by Gasteiger charge is -2.14. The van der Waals surface area contributed by atoms with Crippen molar-refractivity contribution < 1.29 is 39.6 Å². The Hall–Kier alpha value is -1.95. The molecule has 0 unspecified atom stereocenters. The molecule has 0 saturated carbocycles. The lowest BCUT2D eigenvalue weighted by molar-refractivity contribution is -0.0429. The Bertz CT molecular complexity index is 820. The van der Waals surface area contributed by atoms with Crippen molar-refractivity contribution in [3.8, 4) is 0 Å². The predicted molar refractivity (Wildman–Crippen MR) is 83.2 cm³/mol. The summed E-state index contributed by atoms with van der Waals surface area (Å²) in [6.07, 6.45) is -3.28. The van der Waals surface area contributed by atoms with Crippen molar-refractivity contribution in [3.63, 3.8) is 0 Å². The molecule has 5 nitrogen and oxygen atoms in total. The van der Waals surface area contributed by atoms with E-state index >= 15 is 0 Å². The Labute approximate surface area is 149 Å². The molecule has 1 aromatic carbocycles. The zero-order valence-electron chi connectivity index (χ0n) is 12.9. The van der Waals surface area contributed by atoms with Gasteiger partial charge in [0.2, 0.25) is 0 Å². The first-order valence-corrected chi connectivity index (χ1v) is 8.46. The maximum Gasteiger partial charge on any atom is 0.516 e.